The first-order valence-electron chi connectivity index (χ1n) is 9.47. The average Bonchev–Trinajstić information content (AvgIpc) is 2.74. The van der Waals surface area contributed by atoms with Crippen LogP contribution in [0.2, 0.25) is 0 Å². The molecular formula is C23H23N3O. The Kier molecular flexibility index (Phi) is 5.15. The summed E-state index contributed by atoms with van der Waals surface area (Å²) in [6.45, 7) is 2.27. The number of nitrogens with zero attached hydrogens (tertiary/aromatic N) is 2. The van der Waals surface area contributed by atoms with Gasteiger partial charge in [-0.15, -0.1) is 0 Å². The molecule has 0 spiro atoms. The van der Waals surface area contributed by atoms with Crippen LogP contribution in [0.15, 0.2) is 71.8 Å². The highest BCUT2D eigenvalue weighted by Crippen LogP contribution is 2.20. The van der Waals surface area contributed by atoms with Gasteiger partial charge in [0.1, 0.15) is 0 Å². The second kappa shape index (κ2) is 8.04. The Bertz CT molecular complexity index is 952. The quantitative estimate of drug-likeness (QED) is 0.548. The summed E-state index contributed by atoms with van der Waals surface area (Å²) in [5.41, 5.74) is 5.49. The third kappa shape index (κ3) is 4.00. The Morgan fingerprint density at radius 3 is 2.44 bits per heavy atom. The average molecular weight is 357 g/mol. The summed E-state index contributed by atoms with van der Waals surface area (Å²) < 4.78 is 0. The van der Waals surface area contributed by atoms with Gasteiger partial charge in [-0.05, 0) is 53.8 Å². The Morgan fingerprint density at radius 2 is 1.63 bits per heavy atom. The molecule has 4 rings (SSSR count). The summed E-state index contributed by atoms with van der Waals surface area (Å²) in [4.78, 5) is 14.9. The Balaban J connectivity index is 1.42. The van der Waals surface area contributed by atoms with E-state index in [9.17, 15) is 4.79 Å². The lowest BCUT2D eigenvalue weighted by molar-refractivity contribution is 0.0957. The molecular weight excluding hydrogens is 334 g/mol. The second-order valence-electron chi connectivity index (χ2n) is 6.87. The number of carbonyl (C=O) groups excluding carboxylic acids is 1. The molecule has 136 valence electrons. The molecule has 1 aliphatic heterocycles. The van der Waals surface area contributed by atoms with E-state index in [-0.39, 0.29) is 5.91 Å². The Labute approximate surface area is 159 Å². The van der Waals surface area contributed by atoms with Gasteiger partial charge in [0, 0.05) is 24.3 Å². The number of rotatable bonds is 4. The normalized spacial score (nSPS) is 14.6. The molecule has 1 amide bonds. The number of hydrogen-bond donors (Lipinski definition) is 1. The van der Waals surface area contributed by atoms with Gasteiger partial charge in [0.2, 0.25) is 0 Å². The molecule has 1 saturated heterocycles. The van der Waals surface area contributed by atoms with Gasteiger partial charge >= 0.3 is 0 Å². The van der Waals surface area contributed by atoms with E-state index in [4.69, 9.17) is 0 Å². The van der Waals surface area contributed by atoms with E-state index < -0.39 is 0 Å². The molecule has 1 aliphatic rings. The molecule has 4 heteroatoms. The van der Waals surface area contributed by atoms with E-state index in [1.54, 1.807) is 6.21 Å². The van der Waals surface area contributed by atoms with Crippen molar-refractivity contribution in [1.29, 1.82) is 0 Å². The number of amides is 1. The monoisotopic (exact) mass is 357 g/mol. The molecule has 0 aromatic heterocycles. The van der Waals surface area contributed by atoms with Crippen LogP contribution < -0.4 is 10.3 Å². The highest BCUT2D eigenvalue weighted by Gasteiger charge is 2.10. The fourth-order valence-corrected chi connectivity index (χ4v) is 3.57. The zero-order chi connectivity index (χ0) is 18.5. The maximum absolute atomic E-state index is 12.5. The molecule has 1 fully saturated rings. The fourth-order valence-electron chi connectivity index (χ4n) is 3.57. The van der Waals surface area contributed by atoms with Gasteiger partial charge in [-0.25, -0.2) is 5.43 Å². The zero-order valence-electron chi connectivity index (χ0n) is 15.3. The van der Waals surface area contributed by atoms with Gasteiger partial charge in [-0.2, -0.15) is 5.10 Å². The molecule has 0 bridgehead atoms. The minimum Gasteiger partial charge on any atom is -0.372 e. The number of fused-ring (bicyclic) bond motifs is 1. The minimum absolute atomic E-state index is 0.201. The second-order valence-corrected chi connectivity index (χ2v) is 6.87. The standard InChI is InChI=1S/C23H23N3O/c27-23(22-10-6-8-19-7-2-3-9-21(19)22)25-24-17-18-11-13-20(14-12-18)26-15-4-1-5-16-26/h2-3,6-14,17H,1,4-5,15-16H2,(H,25,27)/b24-17+. The van der Waals surface area contributed by atoms with E-state index in [0.717, 1.165) is 29.4 Å². The van der Waals surface area contributed by atoms with Gasteiger partial charge in [-0.3, -0.25) is 4.79 Å². The zero-order valence-corrected chi connectivity index (χ0v) is 15.3. The predicted molar refractivity (Wildman–Crippen MR) is 112 cm³/mol. The number of carbonyl (C=O) groups is 1. The van der Waals surface area contributed by atoms with Crippen LogP contribution in [0.3, 0.4) is 0 Å². The van der Waals surface area contributed by atoms with Crippen molar-refractivity contribution >= 4 is 28.6 Å². The molecule has 0 saturated carbocycles. The first kappa shape index (κ1) is 17.3. The van der Waals surface area contributed by atoms with Crippen molar-refractivity contribution < 1.29 is 4.79 Å². The van der Waals surface area contributed by atoms with Crippen LogP contribution in [-0.4, -0.2) is 25.2 Å². The largest absolute Gasteiger partial charge is 0.372 e. The third-order valence-corrected chi connectivity index (χ3v) is 5.03. The number of hydrazone groups is 1. The fraction of sp³-hybridized carbons (Fsp3) is 0.217. The van der Waals surface area contributed by atoms with Crippen LogP contribution >= 0.6 is 0 Å². The molecule has 27 heavy (non-hydrogen) atoms. The maximum atomic E-state index is 12.5. The summed E-state index contributed by atoms with van der Waals surface area (Å²) in [5.74, 6) is -0.201. The first-order valence-corrected chi connectivity index (χ1v) is 9.47. The molecule has 3 aromatic rings. The molecule has 4 nitrogen and oxygen atoms in total. The van der Waals surface area contributed by atoms with Crippen LogP contribution in [0, 0.1) is 0 Å². The molecule has 0 atom stereocenters. The van der Waals surface area contributed by atoms with Gasteiger partial charge in [0.05, 0.1) is 6.21 Å². The third-order valence-electron chi connectivity index (χ3n) is 5.03. The molecule has 3 aromatic carbocycles. The Morgan fingerprint density at radius 1 is 0.889 bits per heavy atom. The highest BCUT2D eigenvalue weighted by atomic mass is 16.2. The highest BCUT2D eigenvalue weighted by molar-refractivity contribution is 6.07. The van der Waals surface area contributed by atoms with Crippen molar-refractivity contribution in [3.63, 3.8) is 0 Å². The van der Waals surface area contributed by atoms with Crippen molar-refractivity contribution in [2.75, 3.05) is 18.0 Å². The van der Waals surface area contributed by atoms with Crippen LogP contribution in [0.1, 0.15) is 35.2 Å². The number of hydrogen-bond acceptors (Lipinski definition) is 3. The summed E-state index contributed by atoms with van der Waals surface area (Å²) in [7, 11) is 0. The van der Waals surface area contributed by atoms with E-state index in [1.807, 2.05) is 54.6 Å². The molecule has 0 radical (unpaired) electrons. The van der Waals surface area contributed by atoms with E-state index in [0.29, 0.717) is 5.56 Å². The number of piperidine rings is 1. The van der Waals surface area contributed by atoms with Crippen LogP contribution in [0.4, 0.5) is 5.69 Å². The van der Waals surface area contributed by atoms with Crippen molar-refractivity contribution in [3.8, 4) is 0 Å². The summed E-state index contributed by atoms with van der Waals surface area (Å²) in [6.07, 6.45) is 5.55. The van der Waals surface area contributed by atoms with E-state index in [2.05, 4.69) is 27.6 Å². The summed E-state index contributed by atoms with van der Waals surface area (Å²) in [5, 5.41) is 6.10. The Hall–Kier alpha value is -3.14. The number of anilines is 1. The van der Waals surface area contributed by atoms with Crippen LogP contribution in [0.25, 0.3) is 10.8 Å². The van der Waals surface area contributed by atoms with Crippen LogP contribution in [-0.2, 0) is 0 Å². The first-order chi connectivity index (χ1) is 13.3. The van der Waals surface area contributed by atoms with Crippen molar-refractivity contribution in [2.24, 2.45) is 5.10 Å². The van der Waals surface area contributed by atoms with E-state index >= 15 is 0 Å². The number of nitrogens with one attached hydrogen (secondary N) is 1. The molecule has 1 heterocycles. The maximum Gasteiger partial charge on any atom is 0.271 e. The van der Waals surface area contributed by atoms with Gasteiger partial charge in [-0.1, -0.05) is 48.5 Å². The lowest BCUT2D eigenvalue weighted by Gasteiger charge is -2.28. The van der Waals surface area contributed by atoms with Gasteiger partial charge < -0.3 is 4.90 Å². The van der Waals surface area contributed by atoms with E-state index in [1.165, 1.54) is 24.9 Å². The molecule has 0 aliphatic carbocycles. The summed E-state index contributed by atoms with van der Waals surface area (Å²) >= 11 is 0. The summed E-state index contributed by atoms with van der Waals surface area (Å²) in [6, 6.07) is 21.9. The number of benzene rings is 3. The van der Waals surface area contributed by atoms with Gasteiger partial charge in [0.15, 0.2) is 0 Å². The van der Waals surface area contributed by atoms with Crippen molar-refractivity contribution in [2.45, 2.75) is 19.3 Å². The lowest BCUT2D eigenvalue weighted by Crippen LogP contribution is -2.29. The smallest absolute Gasteiger partial charge is 0.271 e. The van der Waals surface area contributed by atoms with Crippen LogP contribution in [0.5, 0.6) is 0 Å². The van der Waals surface area contributed by atoms with Crippen molar-refractivity contribution in [3.05, 3.63) is 77.9 Å². The molecule has 1 N–H and O–H groups in total. The minimum atomic E-state index is -0.201. The topological polar surface area (TPSA) is 44.7 Å². The van der Waals surface area contributed by atoms with Crippen molar-refractivity contribution in [1.82, 2.24) is 5.43 Å². The lowest BCUT2D eigenvalue weighted by atomic mass is 10.0. The SMILES string of the molecule is O=C(N/N=C/c1ccc(N2CCCCC2)cc1)c1cccc2ccccc12. The van der Waals surface area contributed by atoms with Gasteiger partial charge in [0.25, 0.3) is 5.91 Å². The molecule has 0 unspecified atom stereocenters. The predicted octanol–water partition coefficient (Wildman–Crippen LogP) is 4.59.